The molecule has 5 rings (SSSR count). The van der Waals surface area contributed by atoms with E-state index in [1.807, 2.05) is 29.0 Å². The summed E-state index contributed by atoms with van der Waals surface area (Å²) in [6.07, 6.45) is 1.91. The highest BCUT2D eigenvalue weighted by Crippen LogP contribution is 2.27. The number of nitrogens with zero attached hydrogens (tertiary/aromatic N) is 4. The third-order valence-electron chi connectivity index (χ3n) is 4.73. The highest BCUT2D eigenvalue weighted by atomic mass is 32.1. The molecule has 1 aromatic carbocycles. The summed E-state index contributed by atoms with van der Waals surface area (Å²) in [5, 5.41) is 16.6. The Morgan fingerprint density at radius 2 is 1.27 bits per heavy atom. The summed E-state index contributed by atoms with van der Waals surface area (Å²) < 4.78 is 11.3. The summed E-state index contributed by atoms with van der Waals surface area (Å²) in [5.74, 6) is 2.00. The minimum atomic E-state index is -0.292. The van der Waals surface area contributed by atoms with E-state index in [4.69, 9.17) is 9.05 Å². The summed E-state index contributed by atoms with van der Waals surface area (Å²) in [6, 6.07) is 14.3. The fourth-order valence-corrected chi connectivity index (χ4v) is 4.58. The quantitative estimate of drug-likeness (QED) is 0.337. The molecule has 4 heterocycles. The number of aromatic nitrogens is 4. The smallest absolute Gasteiger partial charge is 0.239 e. The second-order valence-electron chi connectivity index (χ2n) is 6.96. The normalized spacial score (nSPS) is 11.4. The van der Waals surface area contributed by atoms with Crippen LogP contribution in [0.4, 0.5) is 0 Å². The van der Waals surface area contributed by atoms with Gasteiger partial charge in [0.05, 0.1) is 0 Å². The minimum Gasteiger partial charge on any atom is -0.338 e. The molecule has 0 saturated carbocycles. The fourth-order valence-electron chi connectivity index (χ4n) is 3.24. The molecule has 0 N–H and O–H groups in total. The van der Waals surface area contributed by atoms with E-state index in [9.17, 15) is 0 Å². The molecule has 0 saturated heterocycles. The summed E-state index contributed by atoms with van der Waals surface area (Å²) >= 11 is 3.31. The average molecular weight is 435 g/mol. The molecule has 0 bridgehead atoms. The van der Waals surface area contributed by atoms with E-state index in [1.54, 1.807) is 22.7 Å². The van der Waals surface area contributed by atoms with E-state index in [2.05, 4.69) is 55.3 Å². The molecule has 0 aliphatic rings. The van der Waals surface area contributed by atoms with Gasteiger partial charge in [-0.1, -0.05) is 40.6 Å². The maximum absolute atomic E-state index is 5.63. The van der Waals surface area contributed by atoms with Crippen LogP contribution < -0.4 is 0 Å². The molecule has 0 atom stereocenters. The second kappa shape index (κ2) is 8.73. The van der Waals surface area contributed by atoms with Crippen molar-refractivity contribution in [1.82, 2.24) is 20.3 Å². The van der Waals surface area contributed by atoms with Crippen molar-refractivity contribution in [2.45, 2.75) is 25.2 Å². The van der Waals surface area contributed by atoms with Crippen LogP contribution in [-0.2, 0) is 19.3 Å². The van der Waals surface area contributed by atoms with Crippen molar-refractivity contribution < 1.29 is 9.05 Å². The molecule has 4 aromatic heterocycles. The molecule has 0 aliphatic carbocycles. The van der Waals surface area contributed by atoms with E-state index < -0.39 is 0 Å². The Bertz CT molecular complexity index is 1110. The topological polar surface area (TPSA) is 77.8 Å². The van der Waals surface area contributed by atoms with Gasteiger partial charge in [0.2, 0.25) is 11.8 Å². The molecule has 0 amide bonds. The van der Waals surface area contributed by atoms with Gasteiger partial charge in [0.25, 0.3) is 0 Å². The standard InChI is InChI=1S/C22H18N4O2S2/c1-2-4-15(5-3-1)10-18(21-23-19(25-27-21)11-16-6-8-29-13-16)22-24-20(26-28-22)12-17-7-9-30-14-17/h1-9,13-14,18H,10-12H2. The van der Waals surface area contributed by atoms with E-state index in [0.29, 0.717) is 42.7 Å². The molecule has 0 unspecified atom stereocenters. The largest absolute Gasteiger partial charge is 0.338 e. The highest BCUT2D eigenvalue weighted by Gasteiger charge is 2.27. The zero-order valence-electron chi connectivity index (χ0n) is 16.0. The predicted molar refractivity (Wildman–Crippen MR) is 115 cm³/mol. The Kier molecular flexibility index (Phi) is 5.50. The number of hydrogen-bond acceptors (Lipinski definition) is 8. The van der Waals surface area contributed by atoms with Crippen molar-refractivity contribution in [2.75, 3.05) is 0 Å². The van der Waals surface area contributed by atoms with E-state index in [-0.39, 0.29) is 5.92 Å². The zero-order chi connectivity index (χ0) is 20.2. The first-order chi connectivity index (χ1) is 14.8. The molecule has 30 heavy (non-hydrogen) atoms. The van der Waals surface area contributed by atoms with Crippen molar-refractivity contribution in [3.8, 4) is 0 Å². The van der Waals surface area contributed by atoms with Gasteiger partial charge in [0.1, 0.15) is 5.92 Å². The Morgan fingerprint density at radius 3 is 1.77 bits per heavy atom. The Morgan fingerprint density at radius 1 is 0.700 bits per heavy atom. The van der Waals surface area contributed by atoms with Gasteiger partial charge in [-0.3, -0.25) is 0 Å². The van der Waals surface area contributed by atoms with Gasteiger partial charge in [-0.2, -0.15) is 32.6 Å². The number of hydrogen-bond donors (Lipinski definition) is 0. The van der Waals surface area contributed by atoms with Gasteiger partial charge in [-0.25, -0.2) is 0 Å². The van der Waals surface area contributed by atoms with Crippen LogP contribution in [0.25, 0.3) is 0 Å². The summed E-state index contributed by atoms with van der Waals surface area (Å²) in [7, 11) is 0. The summed E-state index contributed by atoms with van der Waals surface area (Å²) in [5.41, 5.74) is 3.48. The van der Waals surface area contributed by atoms with Crippen molar-refractivity contribution in [3.05, 3.63) is 104 Å². The van der Waals surface area contributed by atoms with Crippen molar-refractivity contribution in [2.24, 2.45) is 0 Å². The molecular weight excluding hydrogens is 416 g/mol. The summed E-state index contributed by atoms with van der Waals surface area (Å²) in [4.78, 5) is 9.29. The SMILES string of the molecule is c1ccc(CC(c2nc(Cc3ccsc3)no2)c2nc(Cc3ccsc3)no2)cc1. The van der Waals surface area contributed by atoms with Gasteiger partial charge >= 0.3 is 0 Å². The highest BCUT2D eigenvalue weighted by molar-refractivity contribution is 7.08. The second-order valence-corrected chi connectivity index (χ2v) is 8.52. The van der Waals surface area contributed by atoms with Crippen LogP contribution in [-0.4, -0.2) is 20.3 Å². The van der Waals surface area contributed by atoms with Crippen LogP contribution in [0.1, 0.15) is 46.0 Å². The van der Waals surface area contributed by atoms with Crippen molar-refractivity contribution in [3.63, 3.8) is 0 Å². The molecule has 0 aliphatic heterocycles. The lowest BCUT2D eigenvalue weighted by Gasteiger charge is -2.08. The summed E-state index contributed by atoms with van der Waals surface area (Å²) in [6.45, 7) is 0. The molecule has 5 aromatic rings. The van der Waals surface area contributed by atoms with E-state index >= 15 is 0 Å². The van der Waals surface area contributed by atoms with Gasteiger partial charge in [0.15, 0.2) is 11.6 Å². The van der Waals surface area contributed by atoms with Gasteiger partial charge in [-0.05, 0) is 56.8 Å². The molecule has 6 nitrogen and oxygen atoms in total. The average Bonchev–Trinajstić information content (AvgIpc) is 3.57. The lowest BCUT2D eigenvalue weighted by Crippen LogP contribution is -2.07. The fraction of sp³-hybridized carbons (Fsp3) is 0.182. The monoisotopic (exact) mass is 434 g/mol. The van der Waals surface area contributed by atoms with Gasteiger partial charge in [0, 0.05) is 12.8 Å². The Hall–Kier alpha value is -3.10. The van der Waals surface area contributed by atoms with Gasteiger partial charge < -0.3 is 9.05 Å². The van der Waals surface area contributed by atoms with Crippen LogP contribution >= 0.6 is 22.7 Å². The number of rotatable bonds is 8. The molecular formula is C22H18N4O2S2. The van der Waals surface area contributed by atoms with E-state index in [0.717, 1.165) is 5.56 Å². The first-order valence-electron chi connectivity index (χ1n) is 9.54. The van der Waals surface area contributed by atoms with Crippen molar-refractivity contribution in [1.29, 1.82) is 0 Å². The lowest BCUT2D eigenvalue weighted by molar-refractivity contribution is 0.313. The molecule has 0 radical (unpaired) electrons. The minimum absolute atomic E-state index is 0.292. The maximum Gasteiger partial charge on any atom is 0.239 e. The Balaban J connectivity index is 1.42. The molecule has 150 valence electrons. The maximum atomic E-state index is 5.63. The predicted octanol–water partition coefficient (Wildman–Crippen LogP) is 5.13. The zero-order valence-corrected chi connectivity index (χ0v) is 17.6. The van der Waals surface area contributed by atoms with Crippen LogP contribution in [0, 0.1) is 0 Å². The van der Waals surface area contributed by atoms with E-state index in [1.165, 1.54) is 11.1 Å². The molecule has 8 heteroatoms. The van der Waals surface area contributed by atoms with Crippen molar-refractivity contribution >= 4 is 22.7 Å². The van der Waals surface area contributed by atoms with Crippen LogP contribution in [0.2, 0.25) is 0 Å². The molecule has 0 spiro atoms. The van der Waals surface area contributed by atoms with Crippen LogP contribution in [0.5, 0.6) is 0 Å². The number of thiophene rings is 2. The van der Waals surface area contributed by atoms with Gasteiger partial charge in [-0.15, -0.1) is 0 Å². The third-order valence-corrected chi connectivity index (χ3v) is 6.20. The van der Waals surface area contributed by atoms with Crippen LogP contribution in [0.15, 0.2) is 73.0 Å². The van der Waals surface area contributed by atoms with Crippen LogP contribution in [0.3, 0.4) is 0 Å². The first kappa shape index (κ1) is 18.9. The first-order valence-corrected chi connectivity index (χ1v) is 11.4. The Labute approximate surface area is 181 Å². The molecule has 0 fully saturated rings. The third kappa shape index (κ3) is 4.39. The number of benzene rings is 1. The lowest BCUT2D eigenvalue weighted by atomic mass is 9.99.